The maximum atomic E-state index is 11.4. The van der Waals surface area contributed by atoms with Crippen LogP contribution >= 0.6 is 0 Å². The van der Waals surface area contributed by atoms with Crippen LogP contribution in [0, 0.1) is 0 Å². The second-order valence-corrected chi connectivity index (χ2v) is 4.86. The van der Waals surface area contributed by atoms with Crippen molar-refractivity contribution in [3.63, 3.8) is 0 Å². The molecule has 0 bridgehead atoms. The second kappa shape index (κ2) is 6.14. The van der Waals surface area contributed by atoms with Crippen LogP contribution in [-0.2, 0) is 23.1 Å². The molecule has 2 heterocycles. The van der Waals surface area contributed by atoms with Gasteiger partial charge in [0, 0.05) is 40.0 Å². The minimum atomic E-state index is -0.547. The SMILES string of the molecule is COCC(=O)N[C@@H]1CN(Cc2cncn2C)C[C@H]1O. The summed E-state index contributed by atoms with van der Waals surface area (Å²) in [5.41, 5.74) is 1.08. The Bertz CT molecular complexity index is 434. The number of hydrogen-bond acceptors (Lipinski definition) is 5. The standard InChI is InChI=1S/C12H20N4O3/c1-15-8-13-3-9(15)4-16-5-10(11(17)6-16)14-12(18)7-19-2/h3,8,10-11,17H,4-7H2,1-2H3,(H,14,18)/t10-,11-/m1/s1. The Morgan fingerprint density at radius 2 is 2.42 bits per heavy atom. The van der Waals surface area contributed by atoms with E-state index >= 15 is 0 Å². The topological polar surface area (TPSA) is 79.6 Å². The molecular weight excluding hydrogens is 248 g/mol. The van der Waals surface area contributed by atoms with E-state index in [1.54, 1.807) is 6.33 Å². The van der Waals surface area contributed by atoms with Gasteiger partial charge in [-0.1, -0.05) is 0 Å². The predicted molar refractivity (Wildman–Crippen MR) is 68.3 cm³/mol. The van der Waals surface area contributed by atoms with E-state index in [4.69, 9.17) is 4.74 Å². The Labute approximate surface area is 112 Å². The van der Waals surface area contributed by atoms with Crippen LogP contribution in [-0.4, -0.2) is 64.4 Å². The average Bonchev–Trinajstić information content (AvgIpc) is 2.88. The van der Waals surface area contributed by atoms with Crippen molar-refractivity contribution >= 4 is 5.91 Å². The molecule has 1 aromatic rings. The highest BCUT2D eigenvalue weighted by Crippen LogP contribution is 2.13. The molecule has 1 amide bonds. The fourth-order valence-electron chi connectivity index (χ4n) is 2.28. The van der Waals surface area contributed by atoms with Crippen LogP contribution in [0.15, 0.2) is 12.5 Å². The van der Waals surface area contributed by atoms with Crippen LogP contribution in [0.3, 0.4) is 0 Å². The minimum absolute atomic E-state index is 0.0188. The van der Waals surface area contributed by atoms with E-state index in [9.17, 15) is 9.90 Å². The quantitative estimate of drug-likeness (QED) is 0.696. The highest BCUT2D eigenvalue weighted by atomic mass is 16.5. The maximum absolute atomic E-state index is 11.4. The van der Waals surface area contributed by atoms with Gasteiger partial charge in [0.15, 0.2) is 0 Å². The van der Waals surface area contributed by atoms with Crippen LogP contribution in [0.5, 0.6) is 0 Å². The molecule has 1 saturated heterocycles. The molecule has 1 aromatic heterocycles. The van der Waals surface area contributed by atoms with Gasteiger partial charge in [0.2, 0.25) is 5.91 Å². The Balaban J connectivity index is 1.87. The molecule has 0 radical (unpaired) electrons. The number of carbonyl (C=O) groups excluding carboxylic acids is 1. The fraction of sp³-hybridized carbons (Fsp3) is 0.667. The highest BCUT2D eigenvalue weighted by molar-refractivity contribution is 5.77. The number of aliphatic hydroxyl groups is 1. The Morgan fingerprint density at radius 1 is 1.63 bits per heavy atom. The molecular formula is C12H20N4O3. The summed E-state index contributed by atoms with van der Waals surface area (Å²) in [5.74, 6) is -0.200. The first-order valence-corrected chi connectivity index (χ1v) is 6.24. The van der Waals surface area contributed by atoms with Crippen molar-refractivity contribution in [1.82, 2.24) is 19.8 Å². The molecule has 2 atom stereocenters. The predicted octanol–water partition coefficient (Wildman–Crippen LogP) is -1.27. The first-order valence-electron chi connectivity index (χ1n) is 6.24. The van der Waals surface area contributed by atoms with Crippen LogP contribution in [0.2, 0.25) is 0 Å². The molecule has 1 aliphatic heterocycles. The van der Waals surface area contributed by atoms with Crippen LogP contribution in [0.25, 0.3) is 0 Å². The van der Waals surface area contributed by atoms with E-state index < -0.39 is 6.10 Å². The molecule has 106 valence electrons. The highest BCUT2D eigenvalue weighted by Gasteiger charge is 2.32. The molecule has 0 saturated carbocycles. The number of aliphatic hydroxyl groups excluding tert-OH is 1. The Kier molecular flexibility index (Phi) is 4.52. The third-order valence-corrected chi connectivity index (χ3v) is 3.29. The fourth-order valence-corrected chi connectivity index (χ4v) is 2.28. The zero-order valence-electron chi connectivity index (χ0n) is 11.2. The maximum Gasteiger partial charge on any atom is 0.246 e. The molecule has 1 fully saturated rings. The van der Waals surface area contributed by atoms with Gasteiger partial charge in [-0.3, -0.25) is 9.69 Å². The van der Waals surface area contributed by atoms with Gasteiger partial charge >= 0.3 is 0 Å². The molecule has 0 aliphatic carbocycles. The molecule has 0 unspecified atom stereocenters. The summed E-state index contributed by atoms with van der Waals surface area (Å²) in [5, 5.41) is 12.7. The molecule has 2 rings (SSSR count). The summed E-state index contributed by atoms with van der Waals surface area (Å²) in [6, 6.07) is -0.240. The number of nitrogens with one attached hydrogen (secondary N) is 1. The first kappa shape index (κ1) is 14.0. The van der Waals surface area contributed by atoms with Gasteiger partial charge in [0.25, 0.3) is 0 Å². The van der Waals surface area contributed by atoms with Gasteiger partial charge < -0.3 is 19.7 Å². The molecule has 7 nitrogen and oxygen atoms in total. The number of carbonyl (C=O) groups is 1. The third kappa shape index (κ3) is 3.52. The molecule has 0 spiro atoms. The van der Waals surface area contributed by atoms with Crippen molar-refractivity contribution in [3.05, 3.63) is 18.2 Å². The second-order valence-electron chi connectivity index (χ2n) is 4.86. The van der Waals surface area contributed by atoms with E-state index in [2.05, 4.69) is 15.2 Å². The number of aryl methyl sites for hydroxylation is 1. The van der Waals surface area contributed by atoms with Gasteiger partial charge in [-0.2, -0.15) is 0 Å². The number of likely N-dealkylation sites (tertiary alicyclic amines) is 1. The van der Waals surface area contributed by atoms with Gasteiger partial charge in [-0.15, -0.1) is 0 Å². The molecule has 0 aromatic carbocycles. The molecule has 7 heteroatoms. The number of β-amino-alcohol motifs (C(OH)–C–C–N with tert-alkyl or cyclic N) is 1. The lowest BCUT2D eigenvalue weighted by Gasteiger charge is -2.16. The summed E-state index contributed by atoms with van der Waals surface area (Å²) in [6.45, 7) is 1.90. The lowest BCUT2D eigenvalue weighted by Crippen LogP contribution is -2.44. The lowest BCUT2D eigenvalue weighted by molar-refractivity contribution is -0.125. The van der Waals surface area contributed by atoms with Crippen LogP contribution in [0.4, 0.5) is 0 Å². The summed E-state index contributed by atoms with van der Waals surface area (Å²) in [7, 11) is 3.41. The Hall–Kier alpha value is -1.44. The van der Waals surface area contributed by atoms with Gasteiger partial charge in [0.1, 0.15) is 6.61 Å². The number of nitrogens with zero attached hydrogens (tertiary/aromatic N) is 3. The van der Waals surface area contributed by atoms with Crippen molar-refractivity contribution in [1.29, 1.82) is 0 Å². The van der Waals surface area contributed by atoms with Gasteiger partial charge in [-0.05, 0) is 0 Å². The van der Waals surface area contributed by atoms with Crippen molar-refractivity contribution in [3.8, 4) is 0 Å². The zero-order chi connectivity index (χ0) is 13.8. The molecule has 19 heavy (non-hydrogen) atoms. The monoisotopic (exact) mass is 268 g/mol. The first-order chi connectivity index (χ1) is 9.10. The van der Waals surface area contributed by atoms with E-state index in [-0.39, 0.29) is 18.6 Å². The summed E-state index contributed by atoms with van der Waals surface area (Å²) in [4.78, 5) is 17.6. The largest absolute Gasteiger partial charge is 0.390 e. The summed E-state index contributed by atoms with van der Waals surface area (Å²) in [6.07, 6.45) is 3.01. The number of aromatic nitrogens is 2. The van der Waals surface area contributed by atoms with E-state index in [1.807, 2.05) is 17.8 Å². The number of rotatable bonds is 5. The van der Waals surface area contributed by atoms with E-state index in [1.165, 1.54) is 7.11 Å². The number of amides is 1. The van der Waals surface area contributed by atoms with Gasteiger partial charge in [0.05, 0.1) is 24.2 Å². The zero-order valence-corrected chi connectivity index (χ0v) is 11.2. The van der Waals surface area contributed by atoms with E-state index in [0.29, 0.717) is 19.6 Å². The smallest absolute Gasteiger partial charge is 0.246 e. The van der Waals surface area contributed by atoms with Crippen molar-refractivity contribution in [2.45, 2.75) is 18.7 Å². The summed E-state index contributed by atoms with van der Waals surface area (Å²) < 4.78 is 6.71. The van der Waals surface area contributed by atoms with Crippen molar-refractivity contribution in [2.24, 2.45) is 7.05 Å². The average molecular weight is 268 g/mol. The van der Waals surface area contributed by atoms with Crippen LogP contribution < -0.4 is 5.32 Å². The summed E-state index contributed by atoms with van der Waals surface area (Å²) >= 11 is 0. The van der Waals surface area contributed by atoms with Gasteiger partial charge in [-0.25, -0.2) is 4.98 Å². The minimum Gasteiger partial charge on any atom is -0.390 e. The number of ether oxygens (including phenoxy) is 1. The third-order valence-electron chi connectivity index (χ3n) is 3.29. The number of imidazole rings is 1. The molecule has 1 aliphatic rings. The Morgan fingerprint density at radius 3 is 3.05 bits per heavy atom. The number of hydrogen-bond donors (Lipinski definition) is 2. The lowest BCUT2D eigenvalue weighted by atomic mass is 10.2. The van der Waals surface area contributed by atoms with E-state index in [0.717, 1.165) is 5.69 Å². The van der Waals surface area contributed by atoms with Crippen LogP contribution in [0.1, 0.15) is 5.69 Å². The normalized spacial score (nSPS) is 23.7. The number of methoxy groups -OCH3 is 1. The van der Waals surface area contributed by atoms with Crippen molar-refractivity contribution in [2.75, 3.05) is 26.8 Å². The van der Waals surface area contributed by atoms with Crippen molar-refractivity contribution < 1.29 is 14.6 Å². The molecule has 2 N–H and O–H groups in total.